The Kier molecular flexibility index (Phi) is 5.29. The Hall–Kier alpha value is -1.06. The maximum Gasteiger partial charge on any atom is 0.120 e. The van der Waals surface area contributed by atoms with Gasteiger partial charge in [0.1, 0.15) is 5.75 Å². The van der Waals surface area contributed by atoms with Crippen LogP contribution in [0.15, 0.2) is 24.3 Å². The topological polar surface area (TPSA) is 52.5 Å². The lowest BCUT2D eigenvalue weighted by atomic mass is 10.0. The maximum absolute atomic E-state index is 9.60. The third-order valence-electron chi connectivity index (χ3n) is 2.79. The highest BCUT2D eigenvalue weighted by molar-refractivity contribution is 5.31. The average Bonchev–Trinajstić information content (AvgIpc) is 2.26. The van der Waals surface area contributed by atoms with E-state index in [4.69, 9.17) is 5.11 Å². The van der Waals surface area contributed by atoms with Gasteiger partial charge in [0, 0.05) is 24.8 Å². The molecule has 0 aliphatic carbocycles. The molecule has 1 unspecified atom stereocenters. The molecule has 1 aromatic carbocycles. The molecule has 3 heteroatoms. The van der Waals surface area contributed by atoms with E-state index in [2.05, 4.69) is 19.2 Å². The fraction of sp³-hybridized carbons (Fsp3) is 0.538. The Morgan fingerprint density at radius 3 is 2.50 bits per heavy atom. The standard InChI is InChI=1S/C13H21NO2/c1-10(2)12(7-8-15)14-9-11-5-3-4-6-13(11)16/h3-6,10,12,14-16H,7-9H2,1-2H3. The number of phenolic OH excluding ortho intramolecular Hbond substituents is 1. The van der Waals surface area contributed by atoms with Gasteiger partial charge in [0.2, 0.25) is 0 Å². The summed E-state index contributed by atoms with van der Waals surface area (Å²) in [7, 11) is 0. The SMILES string of the molecule is CC(C)C(CCO)NCc1ccccc1O. The van der Waals surface area contributed by atoms with Gasteiger partial charge in [-0.15, -0.1) is 0 Å². The lowest BCUT2D eigenvalue weighted by molar-refractivity contribution is 0.243. The van der Waals surface area contributed by atoms with Crippen molar-refractivity contribution in [3.63, 3.8) is 0 Å². The molecule has 1 rings (SSSR count). The third kappa shape index (κ3) is 3.83. The van der Waals surface area contributed by atoms with Gasteiger partial charge >= 0.3 is 0 Å². The summed E-state index contributed by atoms with van der Waals surface area (Å²) in [4.78, 5) is 0. The number of aliphatic hydroxyl groups is 1. The molecule has 0 aliphatic rings. The summed E-state index contributed by atoms with van der Waals surface area (Å²) in [5.41, 5.74) is 0.895. The molecule has 0 spiro atoms. The van der Waals surface area contributed by atoms with E-state index >= 15 is 0 Å². The Balaban J connectivity index is 2.52. The second-order valence-electron chi connectivity index (χ2n) is 4.37. The van der Waals surface area contributed by atoms with Crippen molar-refractivity contribution in [1.29, 1.82) is 0 Å². The molecular formula is C13H21NO2. The van der Waals surface area contributed by atoms with E-state index < -0.39 is 0 Å². The highest BCUT2D eigenvalue weighted by Crippen LogP contribution is 2.16. The van der Waals surface area contributed by atoms with Crippen molar-refractivity contribution >= 4 is 0 Å². The van der Waals surface area contributed by atoms with Gasteiger partial charge < -0.3 is 15.5 Å². The molecule has 0 bridgehead atoms. The molecule has 0 fully saturated rings. The zero-order valence-electron chi connectivity index (χ0n) is 9.98. The van der Waals surface area contributed by atoms with E-state index in [0.717, 1.165) is 12.0 Å². The smallest absolute Gasteiger partial charge is 0.120 e. The van der Waals surface area contributed by atoms with Crippen LogP contribution >= 0.6 is 0 Å². The fourth-order valence-electron chi connectivity index (χ4n) is 1.71. The first-order chi connectivity index (χ1) is 7.65. The van der Waals surface area contributed by atoms with Crippen molar-refractivity contribution in [2.24, 2.45) is 5.92 Å². The van der Waals surface area contributed by atoms with Crippen LogP contribution < -0.4 is 5.32 Å². The summed E-state index contributed by atoms with van der Waals surface area (Å²) in [6.07, 6.45) is 0.741. The summed E-state index contributed by atoms with van der Waals surface area (Å²) < 4.78 is 0. The van der Waals surface area contributed by atoms with Crippen LogP contribution in [0.4, 0.5) is 0 Å². The molecule has 0 saturated carbocycles. The van der Waals surface area contributed by atoms with E-state index in [0.29, 0.717) is 18.2 Å². The number of aliphatic hydroxyl groups excluding tert-OH is 1. The zero-order valence-corrected chi connectivity index (χ0v) is 9.98. The van der Waals surface area contributed by atoms with E-state index in [-0.39, 0.29) is 12.6 Å². The zero-order chi connectivity index (χ0) is 12.0. The maximum atomic E-state index is 9.60. The number of para-hydroxylation sites is 1. The number of phenols is 1. The predicted octanol–water partition coefficient (Wildman–Crippen LogP) is 1.89. The minimum atomic E-state index is 0.191. The molecule has 3 nitrogen and oxygen atoms in total. The van der Waals surface area contributed by atoms with Crippen LogP contribution in [0.25, 0.3) is 0 Å². The molecular weight excluding hydrogens is 202 g/mol. The molecule has 90 valence electrons. The van der Waals surface area contributed by atoms with Gasteiger partial charge in [0.05, 0.1) is 0 Å². The Labute approximate surface area is 97.1 Å². The van der Waals surface area contributed by atoms with Crippen molar-refractivity contribution in [2.75, 3.05) is 6.61 Å². The molecule has 0 amide bonds. The van der Waals surface area contributed by atoms with Crippen LogP contribution in [0.2, 0.25) is 0 Å². The molecule has 0 aliphatic heterocycles. The van der Waals surface area contributed by atoms with Crippen LogP contribution in [0.3, 0.4) is 0 Å². The highest BCUT2D eigenvalue weighted by atomic mass is 16.3. The second kappa shape index (κ2) is 6.51. The summed E-state index contributed by atoms with van der Waals surface area (Å²) in [6, 6.07) is 7.59. The van der Waals surface area contributed by atoms with Crippen LogP contribution in [-0.2, 0) is 6.54 Å². The van der Waals surface area contributed by atoms with E-state index in [9.17, 15) is 5.11 Å². The molecule has 0 radical (unpaired) electrons. The first kappa shape index (κ1) is 13.0. The normalized spacial score (nSPS) is 13.0. The molecule has 0 heterocycles. The van der Waals surface area contributed by atoms with Gasteiger partial charge in [-0.2, -0.15) is 0 Å². The van der Waals surface area contributed by atoms with Crippen molar-refractivity contribution in [1.82, 2.24) is 5.32 Å². The number of rotatable bonds is 6. The van der Waals surface area contributed by atoms with E-state index in [1.807, 2.05) is 18.2 Å². The quantitative estimate of drug-likeness (QED) is 0.690. The lowest BCUT2D eigenvalue weighted by Crippen LogP contribution is -2.34. The largest absolute Gasteiger partial charge is 0.508 e. The number of hydrogen-bond donors (Lipinski definition) is 3. The minimum Gasteiger partial charge on any atom is -0.508 e. The molecule has 1 atom stereocenters. The fourth-order valence-corrected chi connectivity index (χ4v) is 1.71. The van der Waals surface area contributed by atoms with Gasteiger partial charge in [0.25, 0.3) is 0 Å². The summed E-state index contributed by atoms with van der Waals surface area (Å²) >= 11 is 0. The van der Waals surface area contributed by atoms with Gasteiger partial charge in [-0.25, -0.2) is 0 Å². The van der Waals surface area contributed by atoms with Gasteiger partial charge in [0.15, 0.2) is 0 Å². The van der Waals surface area contributed by atoms with Gasteiger partial charge in [-0.05, 0) is 18.4 Å². The van der Waals surface area contributed by atoms with Crippen molar-refractivity contribution in [2.45, 2.75) is 32.9 Å². The van der Waals surface area contributed by atoms with Crippen LogP contribution in [-0.4, -0.2) is 22.9 Å². The molecule has 0 aromatic heterocycles. The molecule has 0 saturated heterocycles. The minimum absolute atomic E-state index is 0.191. The highest BCUT2D eigenvalue weighted by Gasteiger charge is 2.12. The molecule has 16 heavy (non-hydrogen) atoms. The molecule has 1 aromatic rings. The molecule has 3 N–H and O–H groups in total. The van der Waals surface area contributed by atoms with Crippen LogP contribution in [0.5, 0.6) is 5.75 Å². The van der Waals surface area contributed by atoms with Crippen LogP contribution in [0.1, 0.15) is 25.8 Å². The van der Waals surface area contributed by atoms with Crippen LogP contribution in [0, 0.1) is 5.92 Å². The summed E-state index contributed by atoms with van der Waals surface area (Å²) in [5, 5.41) is 21.9. The number of aromatic hydroxyl groups is 1. The Bertz CT molecular complexity index is 313. The van der Waals surface area contributed by atoms with Crippen molar-refractivity contribution in [3.05, 3.63) is 29.8 Å². The first-order valence-electron chi connectivity index (χ1n) is 5.76. The first-order valence-corrected chi connectivity index (χ1v) is 5.76. The Morgan fingerprint density at radius 2 is 1.94 bits per heavy atom. The monoisotopic (exact) mass is 223 g/mol. The number of nitrogens with one attached hydrogen (secondary N) is 1. The lowest BCUT2D eigenvalue weighted by Gasteiger charge is -2.21. The van der Waals surface area contributed by atoms with Gasteiger partial charge in [-0.1, -0.05) is 32.0 Å². The summed E-state index contributed by atoms with van der Waals surface area (Å²) in [6.45, 7) is 5.07. The average molecular weight is 223 g/mol. The van der Waals surface area contributed by atoms with Gasteiger partial charge in [-0.3, -0.25) is 0 Å². The third-order valence-corrected chi connectivity index (χ3v) is 2.79. The van der Waals surface area contributed by atoms with E-state index in [1.54, 1.807) is 6.07 Å². The Morgan fingerprint density at radius 1 is 1.25 bits per heavy atom. The predicted molar refractivity (Wildman–Crippen MR) is 65.3 cm³/mol. The number of benzene rings is 1. The number of hydrogen-bond acceptors (Lipinski definition) is 3. The van der Waals surface area contributed by atoms with E-state index in [1.165, 1.54) is 0 Å². The van der Waals surface area contributed by atoms with Crippen molar-refractivity contribution < 1.29 is 10.2 Å². The second-order valence-corrected chi connectivity index (χ2v) is 4.37. The van der Waals surface area contributed by atoms with Crippen molar-refractivity contribution in [3.8, 4) is 5.75 Å². The summed E-state index contributed by atoms with van der Waals surface area (Å²) in [5.74, 6) is 0.791.